The molecule has 0 bridgehead atoms. The van der Waals surface area contributed by atoms with Gasteiger partial charge in [-0.2, -0.15) is 0 Å². The smallest absolute Gasteiger partial charge is 0.150 e. The number of nitrogens with one attached hydrogen (secondary N) is 1. The summed E-state index contributed by atoms with van der Waals surface area (Å²) in [6.45, 7) is 9.49. The minimum absolute atomic E-state index is 0.130. The summed E-state index contributed by atoms with van der Waals surface area (Å²) in [7, 11) is -2.84. The summed E-state index contributed by atoms with van der Waals surface area (Å²) in [5.74, 6) is 0.522. The summed E-state index contributed by atoms with van der Waals surface area (Å²) in [6.07, 6.45) is 2.75. The van der Waals surface area contributed by atoms with Gasteiger partial charge in [0, 0.05) is 18.4 Å². The normalized spacial score (nSPS) is 15.6. The lowest BCUT2D eigenvalue weighted by Gasteiger charge is -2.25. The average Bonchev–Trinajstić information content (AvgIpc) is 2.33. The minimum Gasteiger partial charge on any atom is -0.377 e. The fourth-order valence-corrected chi connectivity index (χ4v) is 2.77. The van der Waals surface area contributed by atoms with E-state index in [1.54, 1.807) is 6.92 Å². The number of hydrogen-bond donors (Lipinski definition) is 1. The first-order valence-electron chi connectivity index (χ1n) is 7.02. The Morgan fingerprint density at radius 3 is 2.39 bits per heavy atom. The van der Waals surface area contributed by atoms with Crippen LogP contribution in [0.25, 0.3) is 0 Å². The maximum atomic E-state index is 11.4. The molecule has 18 heavy (non-hydrogen) atoms. The third-order valence-corrected chi connectivity index (χ3v) is 4.85. The van der Waals surface area contributed by atoms with Crippen LogP contribution in [0, 0.1) is 0 Å². The molecule has 0 aromatic carbocycles. The van der Waals surface area contributed by atoms with Crippen LogP contribution in [0.1, 0.15) is 47.0 Å². The van der Waals surface area contributed by atoms with Gasteiger partial charge in [0.25, 0.3) is 0 Å². The van der Waals surface area contributed by atoms with Gasteiger partial charge in [0.15, 0.2) is 0 Å². The Bertz CT molecular complexity index is 291. The van der Waals surface area contributed by atoms with Gasteiger partial charge in [-0.05, 0) is 39.7 Å². The Morgan fingerprint density at radius 2 is 1.89 bits per heavy atom. The van der Waals surface area contributed by atoms with E-state index in [4.69, 9.17) is 4.74 Å². The van der Waals surface area contributed by atoms with Crippen molar-refractivity contribution in [1.82, 2.24) is 5.32 Å². The van der Waals surface area contributed by atoms with E-state index in [1.807, 2.05) is 13.8 Å². The lowest BCUT2D eigenvalue weighted by Crippen LogP contribution is -2.40. The van der Waals surface area contributed by atoms with Crippen LogP contribution < -0.4 is 5.32 Å². The molecule has 0 saturated heterocycles. The van der Waals surface area contributed by atoms with E-state index in [1.165, 1.54) is 0 Å². The van der Waals surface area contributed by atoms with E-state index >= 15 is 0 Å². The van der Waals surface area contributed by atoms with Gasteiger partial charge in [0.1, 0.15) is 9.84 Å². The maximum absolute atomic E-state index is 11.4. The Hall–Kier alpha value is -0.130. The highest BCUT2D eigenvalue weighted by molar-refractivity contribution is 7.91. The van der Waals surface area contributed by atoms with Gasteiger partial charge in [0.05, 0.1) is 11.9 Å². The second-order valence-electron chi connectivity index (χ2n) is 4.60. The summed E-state index contributed by atoms with van der Waals surface area (Å²) in [4.78, 5) is 0. The Kier molecular flexibility index (Phi) is 9.68. The summed E-state index contributed by atoms with van der Waals surface area (Å²) in [5.41, 5.74) is 0. The van der Waals surface area contributed by atoms with E-state index in [-0.39, 0.29) is 23.7 Å². The third-order valence-electron chi connectivity index (χ3n) is 3.06. The number of sulfone groups is 1. The molecule has 4 nitrogen and oxygen atoms in total. The summed E-state index contributed by atoms with van der Waals surface area (Å²) >= 11 is 0. The summed E-state index contributed by atoms with van der Waals surface area (Å²) in [6, 6.07) is 0.247. The molecule has 0 heterocycles. The van der Waals surface area contributed by atoms with Crippen molar-refractivity contribution in [3.05, 3.63) is 0 Å². The first-order chi connectivity index (χ1) is 8.46. The fraction of sp³-hybridized carbons (Fsp3) is 1.00. The lowest BCUT2D eigenvalue weighted by atomic mass is 10.1. The Balaban J connectivity index is 4.15. The predicted octanol–water partition coefficient (Wildman–Crippen LogP) is 1.99. The lowest BCUT2D eigenvalue weighted by molar-refractivity contribution is 0.0451. The number of ether oxygens (including phenoxy) is 1. The number of rotatable bonds is 11. The fourth-order valence-electron chi connectivity index (χ4n) is 1.88. The summed E-state index contributed by atoms with van der Waals surface area (Å²) < 4.78 is 28.5. The average molecular weight is 279 g/mol. The first-order valence-corrected chi connectivity index (χ1v) is 8.84. The largest absolute Gasteiger partial charge is 0.377 e. The molecule has 2 atom stereocenters. The topological polar surface area (TPSA) is 55.4 Å². The van der Waals surface area contributed by atoms with Crippen LogP contribution >= 0.6 is 0 Å². The van der Waals surface area contributed by atoms with Gasteiger partial charge in [-0.15, -0.1) is 0 Å². The SMILES string of the molecule is CCCNC(CCCS(=O)(=O)CC)C(C)OCC. The molecule has 1 N–H and O–H groups in total. The highest BCUT2D eigenvalue weighted by atomic mass is 32.2. The molecule has 0 saturated carbocycles. The molecular formula is C13H29NO3S. The first kappa shape index (κ1) is 17.9. The van der Waals surface area contributed by atoms with Crippen molar-refractivity contribution in [2.45, 2.75) is 59.1 Å². The second kappa shape index (κ2) is 9.75. The molecule has 5 heteroatoms. The molecule has 2 unspecified atom stereocenters. The van der Waals surface area contributed by atoms with Crippen LogP contribution in [-0.2, 0) is 14.6 Å². The molecule has 0 aliphatic heterocycles. The quantitative estimate of drug-likeness (QED) is 0.628. The van der Waals surface area contributed by atoms with E-state index in [0.717, 1.165) is 19.4 Å². The zero-order valence-electron chi connectivity index (χ0n) is 12.2. The molecule has 110 valence electrons. The molecular weight excluding hydrogens is 250 g/mol. The molecule has 0 radical (unpaired) electrons. The summed E-state index contributed by atoms with van der Waals surface area (Å²) in [5, 5.41) is 3.44. The second-order valence-corrected chi connectivity index (χ2v) is 7.07. The molecule has 0 spiro atoms. The molecule has 0 aromatic heterocycles. The Labute approximate surface area is 112 Å². The molecule has 0 aliphatic carbocycles. The van der Waals surface area contributed by atoms with Crippen LogP contribution in [0.4, 0.5) is 0 Å². The van der Waals surface area contributed by atoms with Gasteiger partial charge < -0.3 is 10.1 Å². The van der Waals surface area contributed by atoms with E-state index < -0.39 is 9.84 Å². The molecule has 0 amide bonds. The molecule has 0 aromatic rings. The van der Waals surface area contributed by atoms with Gasteiger partial charge >= 0.3 is 0 Å². The standard InChI is InChI=1S/C13H29NO3S/c1-5-10-14-13(12(4)17-6-2)9-8-11-18(15,16)7-3/h12-14H,5-11H2,1-4H3. The predicted molar refractivity (Wildman–Crippen MR) is 76.7 cm³/mol. The van der Waals surface area contributed by atoms with Crippen molar-refractivity contribution in [2.24, 2.45) is 0 Å². The van der Waals surface area contributed by atoms with Crippen molar-refractivity contribution in [2.75, 3.05) is 24.7 Å². The van der Waals surface area contributed by atoms with E-state index in [0.29, 0.717) is 13.0 Å². The number of hydrogen-bond acceptors (Lipinski definition) is 4. The van der Waals surface area contributed by atoms with Gasteiger partial charge in [-0.3, -0.25) is 0 Å². The van der Waals surface area contributed by atoms with Crippen LogP contribution in [0.5, 0.6) is 0 Å². The Morgan fingerprint density at radius 1 is 1.22 bits per heavy atom. The van der Waals surface area contributed by atoms with Gasteiger partial charge in [-0.25, -0.2) is 8.42 Å². The van der Waals surface area contributed by atoms with Crippen LogP contribution in [0.3, 0.4) is 0 Å². The van der Waals surface area contributed by atoms with Crippen LogP contribution in [-0.4, -0.2) is 45.2 Å². The van der Waals surface area contributed by atoms with Crippen molar-refractivity contribution < 1.29 is 13.2 Å². The monoisotopic (exact) mass is 279 g/mol. The highest BCUT2D eigenvalue weighted by Crippen LogP contribution is 2.08. The molecule has 0 aliphatic rings. The molecule has 0 fully saturated rings. The van der Waals surface area contributed by atoms with Crippen molar-refractivity contribution in [3.63, 3.8) is 0 Å². The highest BCUT2D eigenvalue weighted by Gasteiger charge is 2.17. The zero-order chi connectivity index (χ0) is 14.0. The van der Waals surface area contributed by atoms with Crippen molar-refractivity contribution >= 4 is 9.84 Å². The van der Waals surface area contributed by atoms with Crippen molar-refractivity contribution in [3.8, 4) is 0 Å². The van der Waals surface area contributed by atoms with E-state index in [9.17, 15) is 8.42 Å². The third kappa shape index (κ3) is 8.06. The molecule has 0 rings (SSSR count). The van der Waals surface area contributed by atoms with Crippen LogP contribution in [0.15, 0.2) is 0 Å². The van der Waals surface area contributed by atoms with Crippen LogP contribution in [0.2, 0.25) is 0 Å². The zero-order valence-corrected chi connectivity index (χ0v) is 13.1. The van der Waals surface area contributed by atoms with Gasteiger partial charge in [-0.1, -0.05) is 13.8 Å². The van der Waals surface area contributed by atoms with Crippen molar-refractivity contribution in [1.29, 1.82) is 0 Å². The maximum Gasteiger partial charge on any atom is 0.150 e. The van der Waals surface area contributed by atoms with E-state index in [2.05, 4.69) is 12.2 Å². The minimum atomic E-state index is -2.84. The van der Waals surface area contributed by atoms with Gasteiger partial charge in [0.2, 0.25) is 0 Å².